The zero-order valence-electron chi connectivity index (χ0n) is 11.8. The molecule has 0 aromatic carbocycles. The number of anilines is 1. The van der Waals surface area contributed by atoms with Gasteiger partial charge in [-0.1, -0.05) is 6.92 Å². The number of hydrogen-bond donors (Lipinski definition) is 2. The molecule has 108 valence electrons. The largest absolute Gasteiger partial charge is 0.356 e. The van der Waals surface area contributed by atoms with Gasteiger partial charge in [0.05, 0.1) is 0 Å². The quantitative estimate of drug-likeness (QED) is 0.814. The van der Waals surface area contributed by atoms with E-state index in [1.165, 1.54) is 4.40 Å². The Kier molecular flexibility index (Phi) is 3.21. The van der Waals surface area contributed by atoms with Gasteiger partial charge in [-0.3, -0.25) is 0 Å². The molecule has 0 amide bonds. The van der Waals surface area contributed by atoms with Crippen molar-refractivity contribution in [3.05, 3.63) is 22.4 Å². The van der Waals surface area contributed by atoms with Crippen molar-refractivity contribution in [2.45, 2.75) is 20.3 Å². The first-order chi connectivity index (χ1) is 9.60. The third-order valence-corrected chi connectivity index (χ3v) is 4.30. The van der Waals surface area contributed by atoms with Gasteiger partial charge in [0.25, 0.3) is 0 Å². The molecule has 0 radical (unpaired) electrons. The van der Waals surface area contributed by atoms with E-state index in [9.17, 15) is 4.79 Å². The third kappa shape index (κ3) is 2.07. The Morgan fingerprint density at radius 1 is 1.55 bits per heavy atom. The molecule has 0 saturated carbocycles. The van der Waals surface area contributed by atoms with Crippen LogP contribution in [-0.2, 0) is 0 Å². The van der Waals surface area contributed by atoms with E-state index in [4.69, 9.17) is 5.73 Å². The molecule has 0 spiro atoms. The molecule has 1 aliphatic heterocycles. The first-order valence-corrected chi connectivity index (χ1v) is 7.00. The fraction of sp³-hybridized carbons (Fsp3) is 0.615. The highest BCUT2D eigenvalue weighted by Crippen LogP contribution is 2.26. The Hall–Kier alpha value is -1.89. The lowest BCUT2D eigenvalue weighted by Gasteiger charge is -2.37. The minimum absolute atomic E-state index is 0.247. The molecule has 3 rings (SSSR count). The molecule has 2 aromatic heterocycles. The zero-order valence-corrected chi connectivity index (χ0v) is 11.8. The normalized spacial score (nSPS) is 23.4. The molecule has 1 fully saturated rings. The molecular weight excluding hydrogens is 256 g/mol. The van der Waals surface area contributed by atoms with Gasteiger partial charge < -0.3 is 10.6 Å². The lowest BCUT2D eigenvalue weighted by atomic mass is 9.87. The summed E-state index contributed by atoms with van der Waals surface area (Å²) in [7, 11) is 0. The van der Waals surface area contributed by atoms with E-state index < -0.39 is 0 Å². The number of nitrogens with zero attached hydrogens (tertiary/aromatic N) is 4. The molecule has 2 atom stereocenters. The summed E-state index contributed by atoms with van der Waals surface area (Å²) >= 11 is 0. The second-order valence-electron chi connectivity index (χ2n) is 5.59. The van der Waals surface area contributed by atoms with Crippen LogP contribution in [0.1, 0.15) is 19.2 Å². The average Bonchev–Trinajstić information content (AvgIpc) is 2.81. The summed E-state index contributed by atoms with van der Waals surface area (Å²) in [6.07, 6.45) is 1.11. The van der Waals surface area contributed by atoms with E-state index in [0.29, 0.717) is 29.9 Å². The predicted molar refractivity (Wildman–Crippen MR) is 76.9 cm³/mol. The van der Waals surface area contributed by atoms with Crippen LogP contribution >= 0.6 is 0 Å². The van der Waals surface area contributed by atoms with Gasteiger partial charge in [-0.05, 0) is 31.7 Å². The summed E-state index contributed by atoms with van der Waals surface area (Å²) in [4.78, 5) is 18.4. The van der Waals surface area contributed by atoms with Crippen LogP contribution in [-0.4, -0.2) is 39.2 Å². The van der Waals surface area contributed by atoms with Gasteiger partial charge in [-0.15, -0.1) is 0 Å². The highest BCUT2D eigenvalue weighted by molar-refractivity contribution is 5.51. The number of piperidine rings is 1. The van der Waals surface area contributed by atoms with Crippen LogP contribution in [0.3, 0.4) is 0 Å². The zero-order chi connectivity index (χ0) is 14.3. The van der Waals surface area contributed by atoms with Crippen molar-refractivity contribution in [1.29, 1.82) is 0 Å². The molecule has 3 N–H and O–H groups in total. The van der Waals surface area contributed by atoms with Crippen molar-refractivity contribution in [3.63, 3.8) is 0 Å². The molecule has 2 aromatic rings. The maximum Gasteiger partial charge on any atom is 0.349 e. The Balaban J connectivity index is 1.96. The fourth-order valence-electron chi connectivity index (χ4n) is 2.91. The second-order valence-corrected chi connectivity index (χ2v) is 5.59. The average molecular weight is 276 g/mol. The smallest absolute Gasteiger partial charge is 0.349 e. The number of fused-ring (bicyclic) bond motifs is 1. The molecule has 0 bridgehead atoms. The highest BCUT2D eigenvalue weighted by Gasteiger charge is 2.26. The van der Waals surface area contributed by atoms with Crippen molar-refractivity contribution in [1.82, 2.24) is 19.6 Å². The number of aromatic nitrogens is 4. The molecule has 7 nitrogen and oxygen atoms in total. The van der Waals surface area contributed by atoms with Crippen molar-refractivity contribution >= 4 is 11.5 Å². The van der Waals surface area contributed by atoms with Crippen LogP contribution in [0.5, 0.6) is 0 Å². The van der Waals surface area contributed by atoms with E-state index in [1.807, 2.05) is 13.0 Å². The van der Waals surface area contributed by atoms with Gasteiger partial charge in [0.2, 0.25) is 0 Å². The van der Waals surface area contributed by atoms with Gasteiger partial charge in [0.15, 0.2) is 5.65 Å². The molecule has 1 saturated heterocycles. The first-order valence-electron chi connectivity index (χ1n) is 7.00. The van der Waals surface area contributed by atoms with E-state index in [-0.39, 0.29) is 5.69 Å². The van der Waals surface area contributed by atoms with Gasteiger partial charge >= 0.3 is 5.69 Å². The lowest BCUT2D eigenvalue weighted by molar-refractivity contribution is 0.307. The Morgan fingerprint density at radius 2 is 2.35 bits per heavy atom. The van der Waals surface area contributed by atoms with Crippen LogP contribution < -0.4 is 16.3 Å². The second kappa shape index (κ2) is 4.90. The van der Waals surface area contributed by atoms with Crippen LogP contribution in [0.2, 0.25) is 0 Å². The van der Waals surface area contributed by atoms with E-state index in [2.05, 4.69) is 27.0 Å². The number of H-pyrrole nitrogens is 1. The fourth-order valence-corrected chi connectivity index (χ4v) is 2.91. The van der Waals surface area contributed by atoms with Crippen LogP contribution in [0.4, 0.5) is 5.82 Å². The predicted octanol–water partition coefficient (Wildman–Crippen LogP) is 0.147. The van der Waals surface area contributed by atoms with E-state index >= 15 is 0 Å². The molecular formula is C13H20N6O. The van der Waals surface area contributed by atoms with Gasteiger partial charge in [0, 0.05) is 19.2 Å². The number of hydrogen-bond acceptors (Lipinski definition) is 5. The van der Waals surface area contributed by atoms with Crippen molar-refractivity contribution in [3.8, 4) is 0 Å². The minimum atomic E-state index is -0.247. The molecule has 3 heterocycles. The SMILES string of the molecule is Cc1nc(N2CCC(C)C(CN)C2)cc2n[nH]c(=O)n12. The molecule has 20 heavy (non-hydrogen) atoms. The minimum Gasteiger partial charge on any atom is -0.356 e. The maximum atomic E-state index is 11.6. The third-order valence-electron chi connectivity index (χ3n) is 4.30. The maximum absolute atomic E-state index is 11.6. The molecule has 2 unspecified atom stereocenters. The van der Waals surface area contributed by atoms with E-state index in [1.54, 1.807) is 0 Å². The van der Waals surface area contributed by atoms with Crippen LogP contribution in [0.15, 0.2) is 10.9 Å². The molecule has 7 heteroatoms. The number of aromatic amines is 1. The molecule has 1 aliphatic rings. The van der Waals surface area contributed by atoms with Gasteiger partial charge in [-0.25, -0.2) is 19.3 Å². The van der Waals surface area contributed by atoms with Crippen molar-refractivity contribution in [2.24, 2.45) is 17.6 Å². The topological polar surface area (TPSA) is 92.3 Å². The Morgan fingerprint density at radius 3 is 3.10 bits per heavy atom. The number of rotatable bonds is 2. The van der Waals surface area contributed by atoms with Crippen molar-refractivity contribution < 1.29 is 0 Å². The Labute approximate surface area is 116 Å². The van der Waals surface area contributed by atoms with Crippen molar-refractivity contribution in [2.75, 3.05) is 24.5 Å². The van der Waals surface area contributed by atoms with Gasteiger partial charge in [-0.2, -0.15) is 5.10 Å². The monoisotopic (exact) mass is 276 g/mol. The summed E-state index contributed by atoms with van der Waals surface area (Å²) < 4.78 is 1.48. The summed E-state index contributed by atoms with van der Waals surface area (Å²) in [5.74, 6) is 2.66. The molecule has 0 aliphatic carbocycles. The van der Waals surface area contributed by atoms with E-state index in [0.717, 1.165) is 25.3 Å². The summed E-state index contributed by atoms with van der Waals surface area (Å²) in [5, 5.41) is 6.48. The van der Waals surface area contributed by atoms with Crippen LogP contribution in [0.25, 0.3) is 5.65 Å². The first kappa shape index (κ1) is 13.1. The number of nitrogens with two attached hydrogens (primary N) is 1. The highest BCUT2D eigenvalue weighted by atomic mass is 16.1. The van der Waals surface area contributed by atoms with Gasteiger partial charge in [0.1, 0.15) is 11.6 Å². The number of aryl methyl sites for hydroxylation is 1. The van der Waals surface area contributed by atoms with Crippen LogP contribution in [0, 0.1) is 18.8 Å². The summed E-state index contributed by atoms with van der Waals surface area (Å²) in [5.41, 5.74) is 6.21. The summed E-state index contributed by atoms with van der Waals surface area (Å²) in [6, 6.07) is 1.86. The Bertz CT molecular complexity index is 675. The lowest BCUT2D eigenvalue weighted by Crippen LogP contribution is -2.43. The number of nitrogens with one attached hydrogen (secondary N) is 1. The standard InChI is InChI=1S/C13H20N6O/c1-8-3-4-18(7-10(8)6-14)11-5-12-16-17-13(20)19(12)9(2)15-11/h5,8,10H,3-4,6-7,14H2,1-2H3,(H,17,20). The summed E-state index contributed by atoms with van der Waals surface area (Å²) in [6.45, 7) is 6.65.